The van der Waals surface area contributed by atoms with Crippen LogP contribution in [-0.4, -0.2) is 33.0 Å². The van der Waals surface area contributed by atoms with Crippen LogP contribution in [0.15, 0.2) is 40.5 Å². The quantitative estimate of drug-likeness (QED) is 0.525. The highest BCUT2D eigenvalue weighted by Gasteiger charge is 2.47. The summed E-state index contributed by atoms with van der Waals surface area (Å²) in [7, 11) is 0. The van der Waals surface area contributed by atoms with Crippen LogP contribution in [0.3, 0.4) is 0 Å². The summed E-state index contributed by atoms with van der Waals surface area (Å²) in [5, 5.41) is 0.500. The van der Waals surface area contributed by atoms with Crippen LogP contribution in [0.5, 0.6) is 0 Å². The van der Waals surface area contributed by atoms with Crippen molar-refractivity contribution in [1.82, 2.24) is 19.9 Å². The summed E-state index contributed by atoms with van der Waals surface area (Å²) in [6.45, 7) is 1.23. The van der Waals surface area contributed by atoms with Crippen molar-refractivity contribution in [3.05, 3.63) is 52.8 Å². The van der Waals surface area contributed by atoms with Gasteiger partial charge in [0.1, 0.15) is 10.8 Å². The molecule has 2 aliphatic rings. The summed E-state index contributed by atoms with van der Waals surface area (Å²) >= 11 is 7.28. The van der Waals surface area contributed by atoms with Crippen LogP contribution in [0.1, 0.15) is 30.1 Å². The molecule has 32 heavy (non-hydrogen) atoms. The van der Waals surface area contributed by atoms with Gasteiger partial charge >= 0.3 is 0 Å². The molecule has 0 unspecified atom stereocenters. The maximum absolute atomic E-state index is 15.0. The minimum absolute atomic E-state index is 0.0591. The molecule has 1 spiro atoms. The zero-order chi connectivity index (χ0) is 22.5. The number of pyridine rings is 2. The van der Waals surface area contributed by atoms with Gasteiger partial charge in [-0.05, 0) is 42.4 Å². The van der Waals surface area contributed by atoms with Crippen molar-refractivity contribution in [1.29, 1.82) is 0 Å². The SMILES string of the molecule is Nc1nc(N2CCC3(CC2)Cc2ncccc2[C@H]3N)c(F)nc1Sc1ccnc(N)c1Cl. The molecule has 3 aromatic heterocycles. The van der Waals surface area contributed by atoms with E-state index < -0.39 is 5.95 Å². The van der Waals surface area contributed by atoms with Gasteiger partial charge in [-0.3, -0.25) is 4.98 Å². The Kier molecular flexibility index (Phi) is 5.31. The monoisotopic (exact) mass is 472 g/mol. The lowest BCUT2D eigenvalue weighted by Crippen LogP contribution is -2.45. The smallest absolute Gasteiger partial charge is 0.257 e. The second-order valence-corrected chi connectivity index (χ2v) is 9.59. The molecule has 0 saturated carbocycles. The highest BCUT2D eigenvalue weighted by atomic mass is 35.5. The molecule has 0 radical (unpaired) electrons. The second-order valence-electron chi connectivity index (χ2n) is 8.18. The van der Waals surface area contributed by atoms with Crippen LogP contribution in [0.25, 0.3) is 0 Å². The number of nitrogens with zero attached hydrogens (tertiary/aromatic N) is 5. The highest BCUT2D eigenvalue weighted by molar-refractivity contribution is 7.99. The van der Waals surface area contributed by atoms with Crippen molar-refractivity contribution < 1.29 is 4.39 Å². The van der Waals surface area contributed by atoms with Crippen LogP contribution in [0, 0.1) is 11.4 Å². The van der Waals surface area contributed by atoms with Gasteiger partial charge in [-0.2, -0.15) is 4.39 Å². The zero-order valence-electron chi connectivity index (χ0n) is 17.1. The van der Waals surface area contributed by atoms with Gasteiger partial charge in [0.05, 0.1) is 5.02 Å². The molecule has 4 heterocycles. The molecule has 1 aliphatic heterocycles. The third kappa shape index (κ3) is 3.52. The fourth-order valence-electron chi connectivity index (χ4n) is 4.61. The Balaban J connectivity index is 1.34. The van der Waals surface area contributed by atoms with Crippen LogP contribution in [0.4, 0.5) is 21.8 Å². The van der Waals surface area contributed by atoms with E-state index in [-0.39, 0.29) is 39.0 Å². The number of nitrogen functional groups attached to an aromatic ring is 2. The number of aromatic nitrogens is 4. The molecule has 8 nitrogen and oxygen atoms in total. The molecule has 0 amide bonds. The number of hydrogen-bond acceptors (Lipinski definition) is 9. The number of piperidine rings is 1. The predicted molar refractivity (Wildman–Crippen MR) is 123 cm³/mol. The summed E-state index contributed by atoms with van der Waals surface area (Å²) in [4.78, 5) is 19.3. The first kappa shape index (κ1) is 21.2. The van der Waals surface area contributed by atoms with Crippen molar-refractivity contribution in [2.45, 2.75) is 35.2 Å². The molecule has 11 heteroatoms. The Morgan fingerprint density at radius 1 is 1.09 bits per heavy atom. The average molecular weight is 473 g/mol. The second kappa shape index (κ2) is 8.02. The predicted octanol–water partition coefficient (Wildman–Crippen LogP) is 3.22. The molecule has 166 valence electrons. The highest BCUT2D eigenvalue weighted by Crippen LogP contribution is 2.50. The maximum atomic E-state index is 15.0. The van der Waals surface area contributed by atoms with E-state index in [1.165, 1.54) is 6.20 Å². The standard InChI is InChI=1S/C21H22ClFN8S/c22-14-13(3-7-28-17(14)25)32-20-18(26)30-19(16(23)29-20)31-8-4-21(5-9-31)10-12-11(15(21)24)2-1-6-27-12/h1-3,6-7,15H,4-5,8-10,24H2,(H2,25,28)(H2,26,30)/t15-/m1/s1. The molecule has 6 N–H and O–H groups in total. The van der Waals surface area contributed by atoms with Crippen LogP contribution >= 0.6 is 23.4 Å². The van der Waals surface area contributed by atoms with Crippen molar-refractivity contribution in [3.63, 3.8) is 0 Å². The molecule has 1 aliphatic carbocycles. The lowest BCUT2D eigenvalue weighted by molar-refractivity contribution is 0.186. The summed E-state index contributed by atoms with van der Waals surface area (Å²) in [5.41, 5.74) is 20.6. The fraction of sp³-hybridized carbons (Fsp3) is 0.333. The first-order valence-corrected chi connectivity index (χ1v) is 11.4. The summed E-state index contributed by atoms with van der Waals surface area (Å²) < 4.78 is 15.0. The van der Waals surface area contributed by atoms with Gasteiger partial charge < -0.3 is 22.1 Å². The van der Waals surface area contributed by atoms with Gasteiger partial charge in [0.15, 0.2) is 11.6 Å². The van der Waals surface area contributed by atoms with E-state index in [1.807, 2.05) is 11.0 Å². The summed E-state index contributed by atoms with van der Waals surface area (Å²) in [6.07, 6.45) is 5.80. The van der Waals surface area contributed by atoms with Crippen molar-refractivity contribution in [2.24, 2.45) is 11.1 Å². The van der Waals surface area contributed by atoms with Crippen LogP contribution in [0.2, 0.25) is 5.02 Å². The topological polar surface area (TPSA) is 133 Å². The van der Waals surface area contributed by atoms with Crippen molar-refractivity contribution in [2.75, 3.05) is 29.5 Å². The van der Waals surface area contributed by atoms with Gasteiger partial charge in [-0.15, -0.1) is 0 Å². The molecule has 1 saturated heterocycles. The Bertz CT molecular complexity index is 1180. The van der Waals surface area contributed by atoms with Gasteiger partial charge in [-0.25, -0.2) is 15.0 Å². The molecule has 0 aromatic carbocycles. The Morgan fingerprint density at radius 2 is 1.88 bits per heavy atom. The van der Waals surface area contributed by atoms with Gasteiger partial charge in [0.2, 0.25) is 0 Å². The van der Waals surface area contributed by atoms with E-state index in [0.717, 1.165) is 42.3 Å². The van der Waals surface area contributed by atoms with Gasteiger partial charge in [-0.1, -0.05) is 29.4 Å². The van der Waals surface area contributed by atoms with E-state index >= 15 is 0 Å². The van der Waals surface area contributed by atoms with Crippen LogP contribution < -0.4 is 22.1 Å². The lowest BCUT2D eigenvalue weighted by Gasteiger charge is -2.42. The largest absolute Gasteiger partial charge is 0.382 e. The summed E-state index contributed by atoms with van der Waals surface area (Å²) in [5.74, 6) is -0.196. The molecular weight excluding hydrogens is 451 g/mol. The van der Waals surface area contributed by atoms with E-state index in [1.54, 1.807) is 12.3 Å². The van der Waals surface area contributed by atoms with Crippen LogP contribution in [-0.2, 0) is 6.42 Å². The number of anilines is 3. The number of fused-ring (bicyclic) bond motifs is 1. The molecular formula is C21H22ClFN8S. The lowest BCUT2D eigenvalue weighted by atomic mass is 9.73. The van der Waals surface area contributed by atoms with Gasteiger partial charge in [0.25, 0.3) is 5.95 Å². The van der Waals surface area contributed by atoms with Crippen molar-refractivity contribution in [3.8, 4) is 0 Å². The normalized spacial score (nSPS) is 19.3. The number of halogens is 2. The Hall–Kier alpha value is -2.69. The zero-order valence-corrected chi connectivity index (χ0v) is 18.7. The fourth-order valence-corrected chi connectivity index (χ4v) is 5.65. The first-order valence-electron chi connectivity index (χ1n) is 10.2. The number of rotatable bonds is 3. The minimum atomic E-state index is -0.670. The van der Waals surface area contributed by atoms with E-state index in [9.17, 15) is 4.39 Å². The molecule has 3 aromatic rings. The first-order chi connectivity index (χ1) is 15.4. The molecule has 0 bridgehead atoms. The summed E-state index contributed by atoms with van der Waals surface area (Å²) in [6, 6.07) is 5.58. The van der Waals surface area contributed by atoms with E-state index in [0.29, 0.717) is 18.0 Å². The average Bonchev–Trinajstić information content (AvgIpc) is 3.06. The Labute approximate surface area is 193 Å². The van der Waals surface area contributed by atoms with Gasteiger partial charge in [0, 0.05) is 42.1 Å². The molecule has 1 fully saturated rings. The Morgan fingerprint density at radius 3 is 2.62 bits per heavy atom. The number of hydrogen-bond donors (Lipinski definition) is 3. The maximum Gasteiger partial charge on any atom is 0.257 e. The number of nitrogens with two attached hydrogens (primary N) is 3. The minimum Gasteiger partial charge on any atom is -0.382 e. The van der Waals surface area contributed by atoms with E-state index in [4.69, 9.17) is 28.8 Å². The third-order valence-electron chi connectivity index (χ3n) is 6.42. The molecule has 1 atom stereocenters. The van der Waals surface area contributed by atoms with Crippen molar-refractivity contribution >= 4 is 40.8 Å². The van der Waals surface area contributed by atoms with E-state index in [2.05, 4.69) is 26.0 Å². The third-order valence-corrected chi connectivity index (χ3v) is 7.98. The molecule has 5 rings (SSSR count).